The molecule has 0 unspecified atom stereocenters. The molecule has 7 heteroatoms. The summed E-state index contributed by atoms with van der Waals surface area (Å²) < 4.78 is 22.8. The van der Waals surface area contributed by atoms with Crippen LogP contribution in [-0.4, -0.2) is 48.1 Å². The van der Waals surface area contributed by atoms with E-state index in [4.69, 9.17) is 18.8 Å². The van der Waals surface area contributed by atoms with Gasteiger partial charge in [0.25, 0.3) is 0 Å². The minimum Gasteiger partial charge on any atom is -0.498 e. The average Bonchev–Trinajstić information content (AvgIpc) is 2.56. The minimum atomic E-state index is -0.655. The van der Waals surface area contributed by atoms with Gasteiger partial charge in [-0.1, -0.05) is 0 Å². The van der Waals surface area contributed by atoms with E-state index >= 15 is 0 Å². The number of carbonyl (C=O) groups excluding carboxylic acids is 1. The normalized spacial score (nSPS) is 23.9. The summed E-state index contributed by atoms with van der Waals surface area (Å²) in [5.74, 6) is 0. The molecule has 0 aromatic heterocycles. The fraction of sp³-hybridized carbons (Fsp3) is 0.800. The van der Waals surface area contributed by atoms with Crippen LogP contribution >= 0.6 is 0 Å². The Balaban J connectivity index is 2.18. The van der Waals surface area contributed by atoms with Gasteiger partial charge in [0.05, 0.1) is 29.6 Å². The van der Waals surface area contributed by atoms with Crippen molar-refractivity contribution in [3.63, 3.8) is 0 Å². The highest BCUT2D eigenvalue weighted by Crippen LogP contribution is 2.39. The quantitative estimate of drug-likeness (QED) is 0.697. The Kier molecular flexibility index (Phi) is 4.26. The largest absolute Gasteiger partial charge is 0.515 e. The number of nitrogens with zero attached hydrogens (tertiary/aromatic N) is 1. The van der Waals surface area contributed by atoms with E-state index in [1.165, 1.54) is 11.2 Å². The van der Waals surface area contributed by atoms with E-state index in [-0.39, 0.29) is 0 Å². The van der Waals surface area contributed by atoms with Crippen LogP contribution in [0.15, 0.2) is 11.9 Å². The van der Waals surface area contributed by atoms with Crippen LogP contribution in [0.1, 0.15) is 48.5 Å². The molecule has 0 bridgehead atoms. The summed E-state index contributed by atoms with van der Waals surface area (Å²) >= 11 is 0. The fourth-order valence-corrected chi connectivity index (χ4v) is 2.14. The molecule has 0 aliphatic carbocycles. The Labute approximate surface area is 132 Å². The number of rotatable bonds is 1. The highest BCUT2D eigenvalue weighted by molar-refractivity contribution is 6.54. The molecule has 0 aromatic rings. The first kappa shape index (κ1) is 17.2. The lowest BCUT2D eigenvalue weighted by Gasteiger charge is -2.32. The maximum Gasteiger partial charge on any atom is 0.515 e. The molecule has 2 aliphatic rings. The predicted molar refractivity (Wildman–Crippen MR) is 83.1 cm³/mol. The van der Waals surface area contributed by atoms with E-state index in [2.05, 4.69) is 0 Å². The average molecular weight is 311 g/mol. The Hall–Kier alpha value is -1.21. The summed E-state index contributed by atoms with van der Waals surface area (Å²) in [6.45, 7) is 14.2. The van der Waals surface area contributed by atoms with Crippen molar-refractivity contribution < 1.29 is 23.6 Å². The smallest absolute Gasteiger partial charge is 0.498 e. The number of carbonyl (C=O) groups is 1. The summed E-state index contributed by atoms with van der Waals surface area (Å²) in [6.07, 6.45) is 1.10. The molecule has 6 nitrogen and oxygen atoms in total. The predicted octanol–water partition coefficient (Wildman–Crippen LogP) is 2.73. The number of hydrogen-bond acceptors (Lipinski definition) is 5. The molecule has 2 heterocycles. The summed E-state index contributed by atoms with van der Waals surface area (Å²) in [5, 5.41) is 0. The van der Waals surface area contributed by atoms with E-state index in [1.54, 1.807) is 0 Å². The van der Waals surface area contributed by atoms with E-state index in [0.717, 1.165) is 0 Å². The maximum atomic E-state index is 12.4. The topological polar surface area (TPSA) is 57.2 Å². The van der Waals surface area contributed by atoms with Crippen LogP contribution in [0.3, 0.4) is 0 Å². The monoisotopic (exact) mass is 311 g/mol. The number of amides is 1. The van der Waals surface area contributed by atoms with Crippen molar-refractivity contribution in [2.75, 3.05) is 13.2 Å². The zero-order chi connectivity index (χ0) is 16.8. The number of ether oxygens (including phenoxy) is 2. The second kappa shape index (κ2) is 5.46. The molecule has 0 radical (unpaired) electrons. The van der Waals surface area contributed by atoms with E-state index in [9.17, 15) is 4.79 Å². The molecule has 0 N–H and O–H groups in total. The van der Waals surface area contributed by atoms with Crippen LogP contribution in [-0.2, 0) is 18.8 Å². The lowest BCUT2D eigenvalue weighted by molar-refractivity contribution is 0.00578. The Morgan fingerprint density at radius 1 is 1.23 bits per heavy atom. The van der Waals surface area contributed by atoms with Gasteiger partial charge >= 0.3 is 13.2 Å². The lowest BCUT2D eigenvalue weighted by atomic mass is 9.83. The van der Waals surface area contributed by atoms with Gasteiger partial charge in [0.15, 0.2) is 0 Å². The van der Waals surface area contributed by atoms with E-state index in [1.807, 2.05) is 48.5 Å². The number of hydrogen-bond donors (Lipinski definition) is 0. The standard InChI is InChI=1S/C15H26BNO5/c1-13(2,3)20-12(18)17-8-9-19-10-11(17)16-21-14(4,5)15(6,7)22-16/h10H,8-9H2,1-7H3. The van der Waals surface area contributed by atoms with Crippen LogP contribution < -0.4 is 0 Å². The first-order valence-corrected chi connectivity index (χ1v) is 7.61. The van der Waals surface area contributed by atoms with Gasteiger partial charge in [-0.2, -0.15) is 0 Å². The third-order valence-corrected chi connectivity index (χ3v) is 4.06. The molecule has 0 spiro atoms. The van der Waals surface area contributed by atoms with Crippen LogP contribution in [0.5, 0.6) is 0 Å². The van der Waals surface area contributed by atoms with Crippen molar-refractivity contribution in [1.29, 1.82) is 0 Å². The SMILES string of the molecule is CC(C)(C)OC(=O)N1CCOC=C1B1OC(C)(C)C(C)(C)O1. The molecule has 0 atom stereocenters. The first-order chi connectivity index (χ1) is 9.93. The van der Waals surface area contributed by atoms with Crippen molar-refractivity contribution in [1.82, 2.24) is 4.90 Å². The van der Waals surface area contributed by atoms with Crippen molar-refractivity contribution in [3.05, 3.63) is 11.9 Å². The third-order valence-electron chi connectivity index (χ3n) is 4.06. The molecular weight excluding hydrogens is 285 g/mol. The molecule has 2 aliphatic heterocycles. The van der Waals surface area contributed by atoms with Gasteiger partial charge in [-0.3, -0.25) is 4.90 Å². The van der Waals surface area contributed by atoms with Gasteiger partial charge in [0.2, 0.25) is 0 Å². The van der Waals surface area contributed by atoms with Crippen LogP contribution in [0, 0.1) is 0 Å². The van der Waals surface area contributed by atoms with Crippen molar-refractivity contribution >= 4 is 13.2 Å². The van der Waals surface area contributed by atoms with Crippen LogP contribution in [0.25, 0.3) is 0 Å². The maximum absolute atomic E-state index is 12.4. The summed E-state index contributed by atoms with van der Waals surface area (Å²) in [4.78, 5) is 13.9. The molecule has 0 aromatic carbocycles. The minimum absolute atomic E-state index is 0.408. The van der Waals surface area contributed by atoms with E-state index < -0.39 is 30.0 Å². The molecule has 1 saturated heterocycles. The summed E-state index contributed by atoms with van der Waals surface area (Å²) in [6, 6.07) is 0. The van der Waals surface area contributed by atoms with Crippen molar-refractivity contribution in [2.45, 2.75) is 65.3 Å². The lowest BCUT2D eigenvalue weighted by Crippen LogP contribution is -2.45. The molecular formula is C15H26BNO5. The Bertz CT molecular complexity index is 465. The van der Waals surface area contributed by atoms with Crippen LogP contribution in [0.2, 0.25) is 0 Å². The van der Waals surface area contributed by atoms with E-state index in [0.29, 0.717) is 18.7 Å². The highest BCUT2D eigenvalue weighted by Gasteiger charge is 2.54. The zero-order valence-electron chi connectivity index (χ0n) is 14.6. The molecule has 1 fully saturated rings. The fourth-order valence-electron chi connectivity index (χ4n) is 2.14. The first-order valence-electron chi connectivity index (χ1n) is 7.61. The van der Waals surface area contributed by atoms with Gasteiger partial charge in [-0.25, -0.2) is 4.79 Å². The Morgan fingerprint density at radius 3 is 2.27 bits per heavy atom. The summed E-state index contributed by atoms with van der Waals surface area (Å²) in [7, 11) is -0.655. The van der Waals surface area contributed by atoms with Gasteiger partial charge in [0, 0.05) is 0 Å². The van der Waals surface area contributed by atoms with Gasteiger partial charge in [0.1, 0.15) is 12.2 Å². The Morgan fingerprint density at radius 2 is 1.77 bits per heavy atom. The molecule has 0 saturated carbocycles. The van der Waals surface area contributed by atoms with Gasteiger partial charge in [-0.15, -0.1) is 0 Å². The molecule has 22 heavy (non-hydrogen) atoms. The molecule has 1 amide bonds. The zero-order valence-corrected chi connectivity index (χ0v) is 14.6. The second-order valence-electron chi connectivity index (χ2n) is 7.63. The van der Waals surface area contributed by atoms with Crippen LogP contribution in [0.4, 0.5) is 4.79 Å². The van der Waals surface area contributed by atoms with Crippen molar-refractivity contribution in [2.24, 2.45) is 0 Å². The van der Waals surface area contributed by atoms with Gasteiger partial charge < -0.3 is 18.8 Å². The molecule has 2 rings (SSSR count). The molecule has 124 valence electrons. The van der Waals surface area contributed by atoms with Gasteiger partial charge in [-0.05, 0) is 48.5 Å². The third kappa shape index (κ3) is 3.41. The summed E-state index contributed by atoms with van der Waals surface area (Å²) in [5.41, 5.74) is -0.971. The van der Waals surface area contributed by atoms with Crippen molar-refractivity contribution in [3.8, 4) is 0 Å². The highest BCUT2D eigenvalue weighted by atomic mass is 16.7. The second-order valence-corrected chi connectivity index (χ2v) is 7.63.